The van der Waals surface area contributed by atoms with Gasteiger partial charge < -0.3 is 4.90 Å². The van der Waals surface area contributed by atoms with Gasteiger partial charge in [0.05, 0.1) is 16.2 Å². The molecule has 1 saturated heterocycles. The minimum atomic E-state index is -4.02. The van der Waals surface area contributed by atoms with Gasteiger partial charge in [-0.3, -0.25) is 4.79 Å². The van der Waals surface area contributed by atoms with Crippen LogP contribution in [0.3, 0.4) is 0 Å². The summed E-state index contributed by atoms with van der Waals surface area (Å²) in [6.07, 6.45) is 5.95. The first-order valence-corrected chi connectivity index (χ1v) is 14.1. The van der Waals surface area contributed by atoms with E-state index in [2.05, 4.69) is 59.8 Å². The van der Waals surface area contributed by atoms with Crippen molar-refractivity contribution in [1.29, 1.82) is 0 Å². The molecule has 1 aliphatic rings. The van der Waals surface area contributed by atoms with Gasteiger partial charge in [0.25, 0.3) is 15.9 Å². The SMILES string of the molecule is CCCc1nc(N2CCC(Cc3ccccc3)CC2)ncc1C(=O)NS(=O)(=O)c1cccc(Br)c1. The third kappa shape index (κ3) is 6.46. The topological polar surface area (TPSA) is 92.3 Å². The number of rotatable bonds is 8. The molecular weight excluding hydrogens is 528 g/mol. The van der Waals surface area contributed by atoms with Crippen LogP contribution < -0.4 is 9.62 Å². The van der Waals surface area contributed by atoms with E-state index in [1.807, 2.05) is 13.0 Å². The molecule has 0 radical (unpaired) electrons. The maximum absolute atomic E-state index is 12.9. The number of anilines is 1. The number of aromatic nitrogens is 2. The van der Waals surface area contributed by atoms with Crippen molar-refractivity contribution in [2.75, 3.05) is 18.0 Å². The Bertz CT molecular complexity index is 1280. The molecule has 0 aliphatic carbocycles. The molecule has 1 aromatic heterocycles. The highest BCUT2D eigenvalue weighted by Crippen LogP contribution is 2.25. The lowest BCUT2D eigenvalue weighted by Crippen LogP contribution is -2.36. The summed E-state index contributed by atoms with van der Waals surface area (Å²) >= 11 is 3.26. The number of hydrogen-bond donors (Lipinski definition) is 1. The molecule has 4 rings (SSSR count). The molecule has 0 bridgehead atoms. The summed E-state index contributed by atoms with van der Waals surface area (Å²) in [5.74, 6) is 0.497. The summed E-state index contributed by atoms with van der Waals surface area (Å²) in [4.78, 5) is 24.2. The Balaban J connectivity index is 1.45. The molecule has 1 fully saturated rings. The van der Waals surface area contributed by atoms with Gasteiger partial charge in [0.2, 0.25) is 5.95 Å². The number of carbonyl (C=O) groups excluding carboxylic acids is 1. The van der Waals surface area contributed by atoms with Crippen LogP contribution in [-0.4, -0.2) is 37.4 Å². The Morgan fingerprint density at radius 2 is 1.86 bits per heavy atom. The van der Waals surface area contributed by atoms with Crippen molar-refractivity contribution in [3.05, 3.63) is 82.1 Å². The average Bonchev–Trinajstić information content (AvgIpc) is 2.85. The maximum Gasteiger partial charge on any atom is 0.268 e. The Hall–Kier alpha value is -2.78. The number of sulfonamides is 1. The minimum absolute atomic E-state index is 0.00757. The van der Waals surface area contributed by atoms with Crippen LogP contribution in [0.1, 0.15) is 47.8 Å². The number of benzene rings is 2. The molecule has 0 saturated carbocycles. The van der Waals surface area contributed by atoms with Gasteiger partial charge in [-0.1, -0.05) is 65.7 Å². The quantitative estimate of drug-likeness (QED) is 0.429. The molecular formula is C26H29BrN4O3S. The van der Waals surface area contributed by atoms with Gasteiger partial charge in [-0.2, -0.15) is 0 Å². The molecule has 184 valence electrons. The highest BCUT2D eigenvalue weighted by molar-refractivity contribution is 9.10. The summed E-state index contributed by atoms with van der Waals surface area (Å²) in [5.41, 5.74) is 2.11. The van der Waals surface area contributed by atoms with E-state index < -0.39 is 15.9 Å². The van der Waals surface area contributed by atoms with E-state index in [9.17, 15) is 13.2 Å². The van der Waals surface area contributed by atoms with Crippen LogP contribution in [0.4, 0.5) is 5.95 Å². The smallest absolute Gasteiger partial charge is 0.268 e. The van der Waals surface area contributed by atoms with Crippen molar-refractivity contribution in [2.45, 2.75) is 43.9 Å². The van der Waals surface area contributed by atoms with Crippen molar-refractivity contribution in [2.24, 2.45) is 5.92 Å². The Morgan fingerprint density at radius 1 is 1.11 bits per heavy atom. The third-order valence-corrected chi connectivity index (χ3v) is 8.01. The number of amides is 1. The number of nitrogens with zero attached hydrogens (tertiary/aromatic N) is 3. The Morgan fingerprint density at radius 3 is 2.54 bits per heavy atom. The summed E-state index contributed by atoms with van der Waals surface area (Å²) in [6, 6.07) is 16.8. The zero-order valence-corrected chi connectivity index (χ0v) is 22.1. The van der Waals surface area contributed by atoms with Crippen LogP contribution >= 0.6 is 15.9 Å². The monoisotopic (exact) mass is 556 g/mol. The van der Waals surface area contributed by atoms with E-state index >= 15 is 0 Å². The fourth-order valence-electron chi connectivity index (χ4n) is 4.33. The molecule has 1 N–H and O–H groups in total. The molecule has 9 heteroatoms. The molecule has 1 amide bonds. The summed E-state index contributed by atoms with van der Waals surface area (Å²) in [7, 11) is -4.02. The van der Waals surface area contributed by atoms with Gasteiger partial charge in [0, 0.05) is 23.8 Å². The molecule has 0 atom stereocenters. The van der Waals surface area contributed by atoms with Crippen LogP contribution in [0.25, 0.3) is 0 Å². The lowest BCUT2D eigenvalue weighted by atomic mass is 9.90. The number of halogens is 1. The second-order valence-electron chi connectivity index (χ2n) is 8.79. The number of hydrogen-bond acceptors (Lipinski definition) is 6. The summed E-state index contributed by atoms with van der Waals surface area (Å²) < 4.78 is 28.2. The van der Waals surface area contributed by atoms with Crippen LogP contribution in [0.15, 0.2) is 70.2 Å². The fourth-order valence-corrected chi connectivity index (χ4v) is 5.89. The van der Waals surface area contributed by atoms with Crippen LogP contribution in [-0.2, 0) is 22.9 Å². The van der Waals surface area contributed by atoms with E-state index in [1.54, 1.807) is 12.1 Å². The third-order valence-electron chi connectivity index (χ3n) is 6.18. The minimum Gasteiger partial charge on any atom is -0.341 e. The molecule has 1 aliphatic heterocycles. The van der Waals surface area contributed by atoms with Gasteiger partial charge >= 0.3 is 0 Å². The van der Waals surface area contributed by atoms with E-state index in [4.69, 9.17) is 0 Å². The first-order chi connectivity index (χ1) is 16.9. The number of aryl methyl sites for hydroxylation is 1. The van der Waals surface area contributed by atoms with Crippen molar-refractivity contribution in [3.63, 3.8) is 0 Å². The van der Waals surface area contributed by atoms with Crippen molar-refractivity contribution < 1.29 is 13.2 Å². The normalized spacial score (nSPS) is 14.6. The second kappa shape index (κ2) is 11.3. The predicted octanol–water partition coefficient (Wildman–Crippen LogP) is 4.77. The lowest BCUT2D eigenvalue weighted by Gasteiger charge is -2.32. The first kappa shape index (κ1) is 25.3. The molecule has 0 spiro atoms. The van der Waals surface area contributed by atoms with Crippen LogP contribution in [0, 0.1) is 5.92 Å². The zero-order valence-electron chi connectivity index (χ0n) is 19.7. The first-order valence-electron chi connectivity index (χ1n) is 11.8. The number of piperidine rings is 1. The summed E-state index contributed by atoms with van der Waals surface area (Å²) in [6.45, 7) is 3.70. The molecule has 7 nitrogen and oxygen atoms in total. The molecule has 2 heterocycles. The van der Waals surface area contributed by atoms with Gasteiger partial charge in [-0.05, 0) is 55.4 Å². The van der Waals surface area contributed by atoms with Crippen molar-refractivity contribution in [3.8, 4) is 0 Å². The second-order valence-corrected chi connectivity index (χ2v) is 11.4. The number of carbonyl (C=O) groups is 1. The van der Waals surface area contributed by atoms with Crippen LogP contribution in [0.2, 0.25) is 0 Å². The highest BCUT2D eigenvalue weighted by Gasteiger charge is 2.25. The van der Waals surface area contributed by atoms with Gasteiger partial charge in [-0.25, -0.2) is 23.1 Å². The van der Waals surface area contributed by atoms with Crippen molar-refractivity contribution in [1.82, 2.24) is 14.7 Å². The van der Waals surface area contributed by atoms with E-state index in [0.29, 0.717) is 28.5 Å². The van der Waals surface area contributed by atoms with E-state index in [0.717, 1.165) is 38.8 Å². The van der Waals surface area contributed by atoms with E-state index in [1.165, 1.54) is 23.9 Å². The highest BCUT2D eigenvalue weighted by atomic mass is 79.9. The molecule has 3 aromatic rings. The largest absolute Gasteiger partial charge is 0.341 e. The Kier molecular flexibility index (Phi) is 8.18. The van der Waals surface area contributed by atoms with Crippen LogP contribution in [0.5, 0.6) is 0 Å². The average molecular weight is 558 g/mol. The number of nitrogens with one attached hydrogen (secondary N) is 1. The summed E-state index contributed by atoms with van der Waals surface area (Å²) in [5, 5.41) is 0. The Labute approximate surface area is 215 Å². The van der Waals surface area contributed by atoms with Gasteiger partial charge in [0.1, 0.15) is 0 Å². The van der Waals surface area contributed by atoms with Gasteiger partial charge in [-0.15, -0.1) is 0 Å². The standard InChI is InChI=1S/C26H29BrN4O3S/c1-2-7-24-23(25(32)30-35(33,34)22-11-6-10-21(27)17-22)18-28-26(29-24)31-14-12-20(13-15-31)16-19-8-4-3-5-9-19/h3-6,8-11,17-18,20H,2,7,12-16H2,1H3,(H,30,32). The molecule has 2 aromatic carbocycles. The molecule has 0 unspecified atom stereocenters. The van der Waals surface area contributed by atoms with Gasteiger partial charge in [0.15, 0.2) is 0 Å². The molecule has 35 heavy (non-hydrogen) atoms. The zero-order chi connectivity index (χ0) is 24.8. The maximum atomic E-state index is 12.9. The fraction of sp³-hybridized carbons (Fsp3) is 0.346. The van der Waals surface area contributed by atoms with Crippen molar-refractivity contribution >= 4 is 37.8 Å². The van der Waals surface area contributed by atoms with E-state index in [-0.39, 0.29) is 10.5 Å². The predicted molar refractivity (Wildman–Crippen MR) is 140 cm³/mol. The lowest BCUT2D eigenvalue weighted by molar-refractivity contribution is 0.0979.